The van der Waals surface area contributed by atoms with Crippen molar-refractivity contribution in [2.45, 2.75) is 18.4 Å². The highest BCUT2D eigenvalue weighted by Gasteiger charge is 2.34. The van der Waals surface area contributed by atoms with Gasteiger partial charge in [0.1, 0.15) is 5.75 Å². The van der Waals surface area contributed by atoms with Gasteiger partial charge in [-0.2, -0.15) is 0 Å². The average Bonchev–Trinajstić information content (AvgIpc) is 2.23. The number of aromatic hydroxyl groups is 1. The van der Waals surface area contributed by atoms with Gasteiger partial charge >= 0.3 is 0 Å². The summed E-state index contributed by atoms with van der Waals surface area (Å²) in [5.41, 5.74) is -0.369. The quantitative estimate of drug-likeness (QED) is 0.824. The molecule has 1 aromatic carbocycles. The lowest BCUT2D eigenvalue weighted by Crippen LogP contribution is -2.33. The number of aliphatic hydroxyl groups is 1. The van der Waals surface area contributed by atoms with Crippen LogP contribution in [0.25, 0.3) is 0 Å². The second-order valence-electron chi connectivity index (χ2n) is 3.78. The molecule has 0 spiro atoms. The van der Waals surface area contributed by atoms with E-state index in [0.29, 0.717) is 36.1 Å². The van der Waals surface area contributed by atoms with Gasteiger partial charge in [-0.3, -0.25) is 0 Å². The monoisotopic (exact) mass is 272 g/mol. The molecule has 2 rings (SSSR count). The number of phenolic OH excluding ortho intramolecular Hbond substituents is 1. The Bertz CT molecular complexity index is 359. The maximum Gasteiger partial charge on any atom is 0.135 e. The Balaban J connectivity index is 2.39. The van der Waals surface area contributed by atoms with Gasteiger partial charge in [-0.1, -0.05) is 12.1 Å². The Kier molecular flexibility index (Phi) is 3.00. The minimum atomic E-state index is -0.952. The molecule has 0 bridgehead atoms. The van der Waals surface area contributed by atoms with Gasteiger partial charge in [0.25, 0.3) is 0 Å². The van der Waals surface area contributed by atoms with E-state index in [1.165, 1.54) is 0 Å². The zero-order chi connectivity index (χ0) is 10.9. The molecule has 3 nitrogen and oxygen atoms in total. The number of hydrogen-bond acceptors (Lipinski definition) is 3. The van der Waals surface area contributed by atoms with Crippen molar-refractivity contribution in [2.75, 3.05) is 13.2 Å². The number of ether oxygens (including phenoxy) is 1. The highest BCUT2D eigenvalue weighted by Crippen LogP contribution is 2.40. The van der Waals surface area contributed by atoms with Gasteiger partial charge in [-0.15, -0.1) is 0 Å². The van der Waals surface area contributed by atoms with Crippen molar-refractivity contribution in [3.05, 3.63) is 28.2 Å². The molecule has 1 aliphatic heterocycles. The molecule has 1 aromatic rings. The fourth-order valence-corrected chi connectivity index (χ4v) is 2.24. The van der Waals surface area contributed by atoms with Crippen LogP contribution in [0.3, 0.4) is 0 Å². The molecule has 0 saturated carbocycles. The summed E-state index contributed by atoms with van der Waals surface area (Å²) in [5.74, 6) is 0.127. The third-order valence-electron chi connectivity index (χ3n) is 2.81. The maximum atomic E-state index is 10.4. The fraction of sp³-hybridized carbons (Fsp3) is 0.455. The van der Waals surface area contributed by atoms with Crippen LogP contribution in [-0.2, 0) is 10.3 Å². The number of para-hydroxylation sites is 1. The Hall–Kier alpha value is -0.580. The highest BCUT2D eigenvalue weighted by atomic mass is 79.9. The Morgan fingerprint density at radius 2 is 1.93 bits per heavy atom. The van der Waals surface area contributed by atoms with Crippen molar-refractivity contribution in [3.8, 4) is 5.75 Å². The topological polar surface area (TPSA) is 49.7 Å². The summed E-state index contributed by atoms with van der Waals surface area (Å²) >= 11 is 3.24. The fourth-order valence-electron chi connectivity index (χ4n) is 1.87. The van der Waals surface area contributed by atoms with E-state index < -0.39 is 5.60 Å². The number of benzene rings is 1. The predicted molar refractivity (Wildman–Crippen MR) is 59.8 cm³/mol. The van der Waals surface area contributed by atoms with E-state index in [9.17, 15) is 10.2 Å². The molecule has 4 heteroatoms. The van der Waals surface area contributed by atoms with Crippen molar-refractivity contribution in [3.63, 3.8) is 0 Å². The average molecular weight is 273 g/mol. The Morgan fingerprint density at radius 3 is 2.60 bits per heavy atom. The molecule has 1 fully saturated rings. The van der Waals surface area contributed by atoms with E-state index in [2.05, 4.69) is 15.9 Å². The minimum absolute atomic E-state index is 0.127. The Morgan fingerprint density at radius 1 is 1.27 bits per heavy atom. The normalized spacial score (nSPS) is 20.1. The van der Waals surface area contributed by atoms with Crippen LogP contribution in [-0.4, -0.2) is 23.4 Å². The zero-order valence-corrected chi connectivity index (χ0v) is 9.83. The second kappa shape index (κ2) is 4.12. The lowest BCUT2D eigenvalue weighted by Gasteiger charge is -2.33. The lowest BCUT2D eigenvalue weighted by atomic mass is 9.86. The van der Waals surface area contributed by atoms with Gasteiger partial charge in [-0.05, 0) is 22.0 Å². The van der Waals surface area contributed by atoms with E-state index in [-0.39, 0.29) is 5.75 Å². The third kappa shape index (κ3) is 2.02. The number of hydrogen-bond donors (Lipinski definition) is 2. The Labute approximate surface area is 96.8 Å². The van der Waals surface area contributed by atoms with Crippen LogP contribution in [0.5, 0.6) is 5.75 Å². The van der Waals surface area contributed by atoms with Gasteiger partial charge in [0.15, 0.2) is 0 Å². The molecule has 1 heterocycles. The SMILES string of the molecule is Oc1c(Br)cccc1C1(O)CCOCC1. The largest absolute Gasteiger partial charge is 0.506 e. The number of halogens is 1. The summed E-state index contributed by atoms with van der Waals surface area (Å²) in [4.78, 5) is 0. The van der Waals surface area contributed by atoms with Gasteiger partial charge < -0.3 is 14.9 Å². The zero-order valence-electron chi connectivity index (χ0n) is 8.24. The van der Waals surface area contributed by atoms with E-state index in [1.54, 1.807) is 12.1 Å². The van der Waals surface area contributed by atoms with E-state index in [1.807, 2.05) is 6.07 Å². The number of rotatable bonds is 1. The van der Waals surface area contributed by atoms with Crippen LogP contribution < -0.4 is 0 Å². The van der Waals surface area contributed by atoms with Gasteiger partial charge in [-0.25, -0.2) is 0 Å². The molecule has 0 aromatic heterocycles. The number of phenols is 1. The summed E-state index contributed by atoms with van der Waals surface area (Å²) < 4.78 is 5.81. The summed E-state index contributed by atoms with van der Waals surface area (Å²) in [7, 11) is 0. The summed E-state index contributed by atoms with van der Waals surface area (Å²) in [6, 6.07) is 5.32. The minimum Gasteiger partial charge on any atom is -0.506 e. The first kappa shape index (κ1) is 10.9. The predicted octanol–water partition coefficient (Wildman–Crippen LogP) is 2.15. The molecule has 0 radical (unpaired) electrons. The van der Waals surface area contributed by atoms with Crippen LogP contribution in [0.1, 0.15) is 18.4 Å². The molecule has 0 aliphatic carbocycles. The van der Waals surface area contributed by atoms with Crippen LogP contribution >= 0.6 is 15.9 Å². The van der Waals surface area contributed by atoms with E-state index in [0.717, 1.165) is 0 Å². The lowest BCUT2D eigenvalue weighted by molar-refractivity contribution is -0.0689. The summed E-state index contributed by atoms with van der Waals surface area (Å²) in [5, 5.41) is 20.3. The first-order chi connectivity index (χ1) is 7.13. The van der Waals surface area contributed by atoms with Crippen molar-refractivity contribution >= 4 is 15.9 Å². The molecule has 0 amide bonds. The molecule has 1 aliphatic rings. The first-order valence-corrected chi connectivity index (χ1v) is 5.71. The molecule has 0 atom stereocenters. The highest BCUT2D eigenvalue weighted by molar-refractivity contribution is 9.10. The second-order valence-corrected chi connectivity index (χ2v) is 4.63. The summed E-state index contributed by atoms with van der Waals surface area (Å²) in [6.07, 6.45) is 1.05. The van der Waals surface area contributed by atoms with Crippen molar-refractivity contribution in [2.24, 2.45) is 0 Å². The summed E-state index contributed by atoms with van der Waals surface area (Å²) in [6.45, 7) is 1.06. The van der Waals surface area contributed by atoms with Crippen LogP contribution in [0.4, 0.5) is 0 Å². The van der Waals surface area contributed by atoms with E-state index in [4.69, 9.17) is 4.74 Å². The first-order valence-electron chi connectivity index (χ1n) is 4.91. The molecule has 0 unspecified atom stereocenters. The standard InChI is InChI=1S/C11H13BrO3/c12-9-3-1-2-8(10(9)13)11(14)4-6-15-7-5-11/h1-3,13-14H,4-7H2. The van der Waals surface area contributed by atoms with Gasteiger partial charge in [0.2, 0.25) is 0 Å². The molecule has 1 saturated heterocycles. The van der Waals surface area contributed by atoms with Gasteiger partial charge in [0.05, 0.1) is 10.1 Å². The van der Waals surface area contributed by atoms with Crippen molar-refractivity contribution in [1.82, 2.24) is 0 Å². The molecule has 15 heavy (non-hydrogen) atoms. The van der Waals surface area contributed by atoms with Gasteiger partial charge in [0, 0.05) is 31.6 Å². The maximum absolute atomic E-state index is 10.4. The van der Waals surface area contributed by atoms with Crippen LogP contribution in [0, 0.1) is 0 Å². The van der Waals surface area contributed by atoms with Crippen molar-refractivity contribution < 1.29 is 14.9 Å². The molecular formula is C11H13BrO3. The smallest absolute Gasteiger partial charge is 0.135 e. The third-order valence-corrected chi connectivity index (χ3v) is 3.45. The van der Waals surface area contributed by atoms with Crippen molar-refractivity contribution in [1.29, 1.82) is 0 Å². The van der Waals surface area contributed by atoms with Crippen LogP contribution in [0.2, 0.25) is 0 Å². The molecule has 82 valence electrons. The molecular weight excluding hydrogens is 260 g/mol. The molecule has 2 N–H and O–H groups in total. The van der Waals surface area contributed by atoms with E-state index >= 15 is 0 Å². The van der Waals surface area contributed by atoms with Crippen LogP contribution in [0.15, 0.2) is 22.7 Å².